The van der Waals surface area contributed by atoms with Crippen molar-refractivity contribution >= 4 is 33.3 Å². The highest BCUT2D eigenvalue weighted by molar-refractivity contribution is 9.10. The number of halogens is 1. The van der Waals surface area contributed by atoms with E-state index in [9.17, 15) is 0 Å². The van der Waals surface area contributed by atoms with Crippen LogP contribution in [-0.2, 0) is 0 Å². The van der Waals surface area contributed by atoms with Crippen molar-refractivity contribution in [2.45, 2.75) is 6.92 Å². The number of thiophene rings is 1. The van der Waals surface area contributed by atoms with E-state index in [2.05, 4.69) is 15.9 Å². The molecule has 0 spiro atoms. The molecule has 0 saturated carbocycles. The minimum atomic E-state index is 0.129. The zero-order chi connectivity index (χ0) is 8.27. The second-order valence-corrected chi connectivity index (χ2v) is 4.08. The second kappa shape index (κ2) is 4.04. The lowest BCUT2D eigenvalue weighted by atomic mass is 10.3. The standard InChI is InChI=1S/C8H9BrOS/c1-6(5-10)4-8-7(9)2-3-11-8/h2-4,10H,5H2,1H3/b6-4-. The molecule has 0 bridgehead atoms. The van der Waals surface area contributed by atoms with Gasteiger partial charge in [-0.3, -0.25) is 0 Å². The summed E-state index contributed by atoms with van der Waals surface area (Å²) in [6.45, 7) is 2.04. The molecule has 1 N–H and O–H groups in total. The first-order valence-electron chi connectivity index (χ1n) is 3.25. The molecule has 0 fully saturated rings. The fourth-order valence-corrected chi connectivity index (χ4v) is 2.18. The average molecular weight is 233 g/mol. The first-order chi connectivity index (χ1) is 5.24. The van der Waals surface area contributed by atoms with Crippen molar-refractivity contribution < 1.29 is 5.11 Å². The van der Waals surface area contributed by atoms with Crippen LogP contribution in [0.4, 0.5) is 0 Å². The summed E-state index contributed by atoms with van der Waals surface area (Å²) in [6, 6.07) is 2.00. The highest BCUT2D eigenvalue weighted by atomic mass is 79.9. The number of rotatable bonds is 2. The van der Waals surface area contributed by atoms with E-state index in [-0.39, 0.29) is 6.61 Å². The zero-order valence-electron chi connectivity index (χ0n) is 6.17. The third kappa shape index (κ3) is 2.43. The number of hydrogen-bond donors (Lipinski definition) is 1. The van der Waals surface area contributed by atoms with Gasteiger partial charge in [-0.05, 0) is 45.9 Å². The molecule has 11 heavy (non-hydrogen) atoms. The Bertz CT molecular complexity index is 265. The van der Waals surface area contributed by atoms with Gasteiger partial charge >= 0.3 is 0 Å². The van der Waals surface area contributed by atoms with Crippen LogP contribution in [0.1, 0.15) is 11.8 Å². The fourth-order valence-electron chi connectivity index (χ4n) is 0.678. The van der Waals surface area contributed by atoms with Gasteiger partial charge in [-0.25, -0.2) is 0 Å². The Labute approximate surface area is 78.5 Å². The largest absolute Gasteiger partial charge is 0.392 e. The first-order valence-corrected chi connectivity index (χ1v) is 4.92. The van der Waals surface area contributed by atoms with Gasteiger partial charge in [0, 0.05) is 9.35 Å². The quantitative estimate of drug-likeness (QED) is 0.832. The van der Waals surface area contributed by atoms with Gasteiger partial charge in [0.1, 0.15) is 0 Å². The Balaban J connectivity index is 2.86. The minimum Gasteiger partial charge on any atom is -0.392 e. The third-order valence-corrected chi connectivity index (χ3v) is 3.09. The Morgan fingerprint density at radius 2 is 2.55 bits per heavy atom. The smallest absolute Gasteiger partial charge is 0.0642 e. The molecule has 0 saturated heterocycles. The van der Waals surface area contributed by atoms with Crippen LogP contribution in [0.5, 0.6) is 0 Å². The van der Waals surface area contributed by atoms with E-state index in [0.717, 1.165) is 14.9 Å². The van der Waals surface area contributed by atoms with E-state index in [1.165, 1.54) is 0 Å². The third-order valence-electron chi connectivity index (χ3n) is 1.27. The van der Waals surface area contributed by atoms with Gasteiger partial charge in [0.2, 0.25) is 0 Å². The molecule has 0 aliphatic carbocycles. The Morgan fingerprint density at radius 1 is 1.82 bits per heavy atom. The van der Waals surface area contributed by atoms with Crippen molar-refractivity contribution in [3.63, 3.8) is 0 Å². The van der Waals surface area contributed by atoms with E-state index < -0.39 is 0 Å². The van der Waals surface area contributed by atoms with Crippen LogP contribution in [0, 0.1) is 0 Å². The Kier molecular flexibility index (Phi) is 3.30. The number of hydrogen-bond acceptors (Lipinski definition) is 2. The summed E-state index contributed by atoms with van der Waals surface area (Å²) >= 11 is 5.07. The van der Waals surface area contributed by atoms with Crippen LogP contribution < -0.4 is 0 Å². The van der Waals surface area contributed by atoms with E-state index >= 15 is 0 Å². The molecule has 1 aromatic rings. The Morgan fingerprint density at radius 3 is 3.00 bits per heavy atom. The molecular formula is C8H9BrOS. The lowest BCUT2D eigenvalue weighted by Crippen LogP contribution is -1.81. The summed E-state index contributed by atoms with van der Waals surface area (Å²) in [5.41, 5.74) is 0.980. The summed E-state index contributed by atoms with van der Waals surface area (Å²) in [4.78, 5) is 1.16. The summed E-state index contributed by atoms with van der Waals surface area (Å²) < 4.78 is 1.09. The van der Waals surface area contributed by atoms with Gasteiger partial charge in [0.15, 0.2) is 0 Å². The van der Waals surface area contributed by atoms with E-state index in [4.69, 9.17) is 5.11 Å². The molecule has 1 aromatic heterocycles. The van der Waals surface area contributed by atoms with Gasteiger partial charge in [-0.1, -0.05) is 0 Å². The zero-order valence-corrected chi connectivity index (χ0v) is 8.58. The van der Waals surface area contributed by atoms with Crippen molar-refractivity contribution in [1.29, 1.82) is 0 Å². The van der Waals surface area contributed by atoms with Crippen molar-refractivity contribution in [2.24, 2.45) is 0 Å². The Hall–Kier alpha value is -0.120. The predicted octanol–water partition coefficient (Wildman–Crippen LogP) is 2.91. The molecule has 0 unspecified atom stereocenters. The average Bonchev–Trinajstić information content (AvgIpc) is 2.37. The molecular weight excluding hydrogens is 224 g/mol. The summed E-state index contributed by atoms with van der Waals surface area (Å²) in [7, 11) is 0. The van der Waals surface area contributed by atoms with Crippen molar-refractivity contribution in [1.82, 2.24) is 0 Å². The highest BCUT2D eigenvalue weighted by Crippen LogP contribution is 2.24. The molecule has 3 heteroatoms. The topological polar surface area (TPSA) is 20.2 Å². The van der Waals surface area contributed by atoms with Crippen molar-refractivity contribution in [3.05, 3.63) is 26.4 Å². The van der Waals surface area contributed by atoms with Crippen molar-refractivity contribution in [3.8, 4) is 0 Å². The molecule has 1 nitrogen and oxygen atoms in total. The van der Waals surface area contributed by atoms with Gasteiger partial charge in [-0.2, -0.15) is 0 Å². The summed E-state index contributed by atoms with van der Waals surface area (Å²) in [5.74, 6) is 0. The van der Waals surface area contributed by atoms with Gasteiger partial charge in [0.05, 0.1) is 6.61 Å². The molecule has 0 aromatic carbocycles. The van der Waals surface area contributed by atoms with E-state index in [1.54, 1.807) is 11.3 Å². The molecule has 0 aliphatic rings. The number of aliphatic hydroxyl groups is 1. The maximum Gasteiger partial charge on any atom is 0.0642 e. The molecule has 60 valence electrons. The predicted molar refractivity (Wildman–Crippen MR) is 52.8 cm³/mol. The molecule has 0 aliphatic heterocycles. The van der Waals surface area contributed by atoms with Gasteiger partial charge in [-0.15, -0.1) is 11.3 Å². The van der Waals surface area contributed by atoms with Crippen LogP contribution in [0.25, 0.3) is 6.08 Å². The lowest BCUT2D eigenvalue weighted by Gasteiger charge is -1.92. The lowest BCUT2D eigenvalue weighted by molar-refractivity contribution is 0.332. The van der Waals surface area contributed by atoms with Crippen LogP contribution in [0.15, 0.2) is 21.5 Å². The molecule has 1 heterocycles. The van der Waals surface area contributed by atoms with E-state index in [0.29, 0.717) is 0 Å². The van der Waals surface area contributed by atoms with Crippen molar-refractivity contribution in [2.75, 3.05) is 6.61 Å². The molecule has 0 radical (unpaired) electrons. The van der Waals surface area contributed by atoms with Crippen LogP contribution in [-0.4, -0.2) is 11.7 Å². The monoisotopic (exact) mass is 232 g/mol. The minimum absolute atomic E-state index is 0.129. The fraction of sp³-hybridized carbons (Fsp3) is 0.250. The summed E-state index contributed by atoms with van der Waals surface area (Å²) in [6.07, 6.45) is 1.98. The molecule has 0 amide bonds. The van der Waals surface area contributed by atoms with Crippen LogP contribution >= 0.6 is 27.3 Å². The number of aliphatic hydroxyl groups excluding tert-OH is 1. The van der Waals surface area contributed by atoms with E-state index in [1.807, 2.05) is 24.4 Å². The maximum atomic E-state index is 8.75. The normalized spacial score (nSPS) is 12.1. The highest BCUT2D eigenvalue weighted by Gasteiger charge is 1.96. The van der Waals surface area contributed by atoms with Crippen LogP contribution in [0.2, 0.25) is 0 Å². The second-order valence-electron chi connectivity index (χ2n) is 2.28. The van der Waals surface area contributed by atoms with Gasteiger partial charge < -0.3 is 5.11 Å². The summed E-state index contributed by atoms with van der Waals surface area (Å²) in [5, 5.41) is 10.8. The van der Waals surface area contributed by atoms with Crippen LogP contribution in [0.3, 0.4) is 0 Å². The SMILES string of the molecule is C/C(=C/c1sccc1Br)CO. The first kappa shape index (κ1) is 8.97. The van der Waals surface area contributed by atoms with Gasteiger partial charge in [0.25, 0.3) is 0 Å². The molecule has 0 atom stereocenters. The molecule has 1 rings (SSSR count). The maximum absolute atomic E-state index is 8.75.